The third-order valence-electron chi connectivity index (χ3n) is 3.01. The van der Waals surface area contributed by atoms with E-state index in [1.54, 1.807) is 0 Å². The molecule has 2 heterocycles. The average molecular weight is 323 g/mol. The molecule has 18 heavy (non-hydrogen) atoms. The second-order valence-corrected chi connectivity index (χ2v) is 8.38. The van der Waals surface area contributed by atoms with Crippen LogP contribution in [0.1, 0.15) is 19.8 Å². The van der Waals surface area contributed by atoms with Crippen molar-refractivity contribution in [1.29, 1.82) is 0 Å². The van der Waals surface area contributed by atoms with Crippen LogP contribution in [-0.2, 0) is 27.2 Å². The van der Waals surface area contributed by atoms with E-state index in [1.807, 2.05) is 6.92 Å². The van der Waals surface area contributed by atoms with Crippen LogP contribution in [-0.4, -0.2) is 25.9 Å². The first-order valence-electron chi connectivity index (χ1n) is 5.50. The van der Waals surface area contributed by atoms with E-state index in [1.165, 1.54) is 0 Å². The van der Waals surface area contributed by atoms with Crippen LogP contribution in [0.25, 0.3) is 0 Å². The summed E-state index contributed by atoms with van der Waals surface area (Å²) in [7, 11) is -4.47. The van der Waals surface area contributed by atoms with Gasteiger partial charge in [0.1, 0.15) is 0 Å². The molecule has 0 amide bonds. The van der Waals surface area contributed by atoms with Crippen LogP contribution in [0.2, 0.25) is 0 Å². The molecular weight excluding hydrogens is 308 g/mol. The number of hydrogen-bond acceptors (Lipinski definition) is 6. The standard InChI is InChI=1S/C8H14ClFO6P2/c1-2-3-7-8(4-13-17(9,11)16-7)5-14-18(10,12)15-6-8/h7H,2-6H2,1H3. The van der Waals surface area contributed by atoms with Gasteiger partial charge in [-0.25, -0.2) is 9.13 Å². The highest BCUT2D eigenvalue weighted by molar-refractivity contribution is 7.81. The maximum absolute atomic E-state index is 13.0. The zero-order chi connectivity index (χ0) is 13.4. The van der Waals surface area contributed by atoms with E-state index in [9.17, 15) is 13.3 Å². The van der Waals surface area contributed by atoms with Crippen molar-refractivity contribution in [3.05, 3.63) is 0 Å². The van der Waals surface area contributed by atoms with E-state index < -0.39 is 26.4 Å². The van der Waals surface area contributed by atoms with Gasteiger partial charge in [-0.2, -0.15) is 0 Å². The van der Waals surface area contributed by atoms with Gasteiger partial charge in [0.05, 0.1) is 31.3 Å². The minimum Gasteiger partial charge on any atom is -0.296 e. The van der Waals surface area contributed by atoms with E-state index in [0.29, 0.717) is 6.42 Å². The van der Waals surface area contributed by atoms with Gasteiger partial charge in [-0.05, 0) is 6.42 Å². The predicted octanol–water partition coefficient (Wildman–Crippen LogP) is 3.66. The van der Waals surface area contributed by atoms with Crippen molar-refractivity contribution in [2.24, 2.45) is 5.41 Å². The fourth-order valence-electron chi connectivity index (χ4n) is 1.97. The summed E-state index contributed by atoms with van der Waals surface area (Å²) in [5.74, 6) is 0. The van der Waals surface area contributed by atoms with Gasteiger partial charge in [-0.15, -0.1) is 4.20 Å². The Hall–Kier alpha value is 0.520. The average Bonchev–Trinajstić information content (AvgIpc) is 2.27. The molecule has 0 aromatic carbocycles. The lowest BCUT2D eigenvalue weighted by Gasteiger charge is -2.45. The fraction of sp³-hybridized carbons (Fsp3) is 1.00. The first kappa shape index (κ1) is 14.9. The van der Waals surface area contributed by atoms with Crippen molar-refractivity contribution >= 4 is 26.1 Å². The summed E-state index contributed by atoms with van der Waals surface area (Å²) in [5, 5.41) is 0. The van der Waals surface area contributed by atoms with Crippen LogP contribution in [0.15, 0.2) is 0 Å². The van der Waals surface area contributed by atoms with Gasteiger partial charge in [-0.3, -0.25) is 18.1 Å². The first-order chi connectivity index (χ1) is 8.29. The maximum Gasteiger partial charge on any atom is 0.513 e. The summed E-state index contributed by atoms with van der Waals surface area (Å²) in [6.07, 6.45) is 0.750. The molecule has 2 aliphatic rings. The number of hydrogen-bond donors (Lipinski definition) is 0. The predicted molar refractivity (Wildman–Crippen MR) is 62.2 cm³/mol. The molecule has 0 aromatic rings. The summed E-state index contributed by atoms with van der Waals surface area (Å²) in [4.78, 5) is 0. The zero-order valence-corrected chi connectivity index (χ0v) is 12.3. The molecule has 2 rings (SSSR count). The van der Waals surface area contributed by atoms with Crippen molar-refractivity contribution < 1.29 is 31.4 Å². The van der Waals surface area contributed by atoms with Gasteiger partial charge < -0.3 is 0 Å². The molecule has 0 N–H and O–H groups in total. The first-order valence-corrected chi connectivity index (χ1v) is 9.38. The zero-order valence-electron chi connectivity index (χ0n) is 9.71. The molecule has 2 fully saturated rings. The highest BCUT2D eigenvalue weighted by Gasteiger charge is 2.54. The highest BCUT2D eigenvalue weighted by Crippen LogP contribution is 2.64. The maximum atomic E-state index is 13.0. The van der Waals surface area contributed by atoms with Crippen LogP contribution in [0.4, 0.5) is 4.20 Å². The Morgan fingerprint density at radius 2 is 1.83 bits per heavy atom. The van der Waals surface area contributed by atoms with Crippen LogP contribution in [0.5, 0.6) is 0 Å². The monoisotopic (exact) mass is 322 g/mol. The summed E-state index contributed by atoms with van der Waals surface area (Å²) in [6.45, 7) is -2.09. The van der Waals surface area contributed by atoms with Crippen LogP contribution in [0.3, 0.4) is 0 Å². The van der Waals surface area contributed by atoms with Crippen molar-refractivity contribution in [3.8, 4) is 0 Å². The molecule has 10 heteroatoms. The third-order valence-corrected chi connectivity index (χ3v) is 5.36. The molecule has 0 bridgehead atoms. The van der Waals surface area contributed by atoms with Crippen molar-refractivity contribution in [1.82, 2.24) is 0 Å². The van der Waals surface area contributed by atoms with Crippen molar-refractivity contribution in [3.63, 3.8) is 0 Å². The Morgan fingerprint density at radius 3 is 2.39 bits per heavy atom. The summed E-state index contributed by atoms with van der Waals surface area (Å²) in [5.41, 5.74) is -0.821. The Labute approximate surface area is 109 Å². The normalized spacial score (nSPS) is 49.4. The van der Waals surface area contributed by atoms with E-state index in [4.69, 9.17) is 20.3 Å². The van der Waals surface area contributed by atoms with E-state index in [0.717, 1.165) is 6.42 Å². The van der Waals surface area contributed by atoms with Gasteiger partial charge >= 0.3 is 14.9 Å². The molecule has 0 aromatic heterocycles. The molecule has 2 saturated heterocycles. The molecule has 2 aliphatic heterocycles. The fourth-order valence-corrected chi connectivity index (χ4v) is 4.41. The number of halogens is 2. The second kappa shape index (κ2) is 5.13. The molecule has 0 radical (unpaired) electrons. The Kier molecular flexibility index (Phi) is 4.25. The lowest BCUT2D eigenvalue weighted by atomic mass is 9.82. The van der Waals surface area contributed by atoms with Crippen LogP contribution < -0.4 is 0 Å². The van der Waals surface area contributed by atoms with Crippen molar-refractivity contribution in [2.75, 3.05) is 19.8 Å². The molecule has 2 atom stereocenters. The van der Waals surface area contributed by atoms with Gasteiger partial charge in [-0.1, -0.05) is 13.3 Å². The third kappa shape index (κ3) is 3.15. The summed E-state index contributed by atoms with van der Waals surface area (Å²) >= 11 is 5.56. The van der Waals surface area contributed by atoms with E-state index in [2.05, 4.69) is 9.05 Å². The minimum absolute atomic E-state index is 0.0432. The molecular formula is C8H14ClFO6P2. The number of rotatable bonds is 2. The molecule has 1 spiro atoms. The van der Waals surface area contributed by atoms with Gasteiger partial charge in [0.25, 0.3) is 0 Å². The van der Waals surface area contributed by atoms with Gasteiger partial charge in [0.15, 0.2) is 0 Å². The molecule has 106 valence electrons. The van der Waals surface area contributed by atoms with Crippen molar-refractivity contribution in [2.45, 2.75) is 25.9 Å². The molecule has 0 saturated carbocycles. The highest BCUT2D eigenvalue weighted by atomic mass is 35.7. The minimum atomic E-state index is -4.47. The summed E-state index contributed by atoms with van der Waals surface area (Å²) in [6, 6.07) is 0. The van der Waals surface area contributed by atoms with Gasteiger partial charge in [0, 0.05) is 11.2 Å². The van der Waals surface area contributed by atoms with E-state index >= 15 is 0 Å². The quantitative estimate of drug-likeness (QED) is 0.722. The molecule has 0 aliphatic carbocycles. The lowest BCUT2D eigenvalue weighted by molar-refractivity contribution is -0.116. The Morgan fingerprint density at radius 1 is 1.28 bits per heavy atom. The Bertz CT molecular complexity index is 398. The largest absolute Gasteiger partial charge is 0.513 e. The second-order valence-electron chi connectivity index (χ2n) is 4.43. The van der Waals surface area contributed by atoms with Gasteiger partial charge in [0.2, 0.25) is 0 Å². The lowest BCUT2D eigenvalue weighted by Crippen LogP contribution is -2.51. The SMILES string of the molecule is CCCC1OP(=O)(Cl)OCC12COP(=O)(F)OC2. The smallest absolute Gasteiger partial charge is 0.296 e. The Balaban J connectivity index is 2.15. The molecule has 2 unspecified atom stereocenters. The van der Waals surface area contributed by atoms with E-state index in [-0.39, 0.29) is 19.8 Å². The van der Waals surface area contributed by atoms with Crippen LogP contribution >= 0.6 is 26.1 Å². The molecule has 6 nitrogen and oxygen atoms in total. The topological polar surface area (TPSA) is 71.1 Å². The van der Waals surface area contributed by atoms with Crippen LogP contribution in [0, 0.1) is 5.41 Å². The summed E-state index contributed by atoms with van der Waals surface area (Å²) < 4.78 is 54.9.